The minimum absolute atomic E-state index is 0.281. The van der Waals surface area contributed by atoms with E-state index in [0.717, 1.165) is 0 Å². The van der Waals surface area contributed by atoms with E-state index in [9.17, 15) is 18.4 Å². The van der Waals surface area contributed by atoms with E-state index in [1.807, 2.05) is 0 Å². The van der Waals surface area contributed by atoms with Crippen LogP contribution in [-0.4, -0.2) is 28.9 Å². The molecule has 6 heteroatoms. The Morgan fingerprint density at radius 1 is 1.35 bits per heavy atom. The summed E-state index contributed by atoms with van der Waals surface area (Å²) in [6.45, 7) is 1.24. The van der Waals surface area contributed by atoms with Gasteiger partial charge in [-0.15, -0.1) is 0 Å². The number of halogens is 2. The van der Waals surface area contributed by atoms with Crippen LogP contribution < -0.4 is 5.32 Å². The first kappa shape index (κ1) is 12.3. The molecule has 0 heterocycles. The maximum absolute atomic E-state index is 13.0. The fraction of sp³-hybridized carbons (Fsp3) is 0.818. The Labute approximate surface area is 97.4 Å². The first-order valence-corrected chi connectivity index (χ1v) is 5.68. The average Bonchev–Trinajstić information content (AvgIpc) is 2.63. The second-order valence-corrected chi connectivity index (χ2v) is 5.23. The van der Waals surface area contributed by atoms with Gasteiger partial charge in [0.05, 0.1) is 5.92 Å². The van der Waals surface area contributed by atoms with Crippen molar-refractivity contribution in [2.24, 2.45) is 11.3 Å². The standard InChI is InChI=1S/C11H15F2NO3/c1-10(5-11(10,12)13)9(17)14-7-3-2-6(4-7)8(15)16/h6-7H,2-5H2,1H3,(H,14,17)(H,15,16)/t6-,7+,10?/m1/s1. The van der Waals surface area contributed by atoms with Crippen LogP contribution in [0.2, 0.25) is 0 Å². The second kappa shape index (κ2) is 3.65. The summed E-state index contributed by atoms with van der Waals surface area (Å²) in [6, 6.07) is -0.281. The van der Waals surface area contributed by atoms with E-state index in [-0.39, 0.29) is 6.04 Å². The zero-order chi connectivity index (χ0) is 12.8. The SMILES string of the molecule is CC1(C(=O)N[C@H]2CC[C@@H](C(=O)O)C2)CC1(F)F. The topological polar surface area (TPSA) is 66.4 Å². The summed E-state index contributed by atoms with van der Waals surface area (Å²) in [5.41, 5.74) is -1.59. The molecule has 0 aromatic heterocycles. The molecule has 2 saturated carbocycles. The Morgan fingerprint density at radius 2 is 1.94 bits per heavy atom. The van der Waals surface area contributed by atoms with Crippen molar-refractivity contribution in [3.8, 4) is 0 Å². The highest BCUT2D eigenvalue weighted by atomic mass is 19.3. The smallest absolute Gasteiger partial charge is 0.306 e. The normalized spacial score (nSPS) is 38.8. The molecule has 0 bridgehead atoms. The van der Waals surface area contributed by atoms with Crippen molar-refractivity contribution in [2.75, 3.05) is 0 Å². The molecule has 96 valence electrons. The largest absolute Gasteiger partial charge is 0.481 e. The first-order valence-electron chi connectivity index (χ1n) is 5.68. The molecule has 0 aromatic carbocycles. The molecular formula is C11H15F2NO3. The van der Waals surface area contributed by atoms with Crippen LogP contribution >= 0.6 is 0 Å². The fourth-order valence-electron chi connectivity index (χ4n) is 2.33. The van der Waals surface area contributed by atoms with Crippen LogP contribution in [0.5, 0.6) is 0 Å². The van der Waals surface area contributed by atoms with Crippen molar-refractivity contribution in [1.82, 2.24) is 5.32 Å². The molecule has 17 heavy (non-hydrogen) atoms. The summed E-state index contributed by atoms with van der Waals surface area (Å²) < 4.78 is 25.9. The van der Waals surface area contributed by atoms with Crippen molar-refractivity contribution in [1.29, 1.82) is 0 Å². The zero-order valence-corrected chi connectivity index (χ0v) is 9.50. The molecule has 1 amide bonds. The lowest BCUT2D eigenvalue weighted by Gasteiger charge is -2.16. The van der Waals surface area contributed by atoms with Gasteiger partial charge in [0.2, 0.25) is 5.91 Å². The van der Waals surface area contributed by atoms with Gasteiger partial charge in [-0.25, -0.2) is 8.78 Å². The number of aliphatic carboxylic acids is 1. The Hall–Kier alpha value is -1.20. The molecule has 0 aliphatic heterocycles. The van der Waals surface area contributed by atoms with Crippen LogP contribution in [0.1, 0.15) is 32.6 Å². The van der Waals surface area contributed by atoms with Gasteiger partial charge in [0.15, 0.2) is 0 Å². The van der Waals surface area contributed by atoms with Crippen molar-refractivity contribution >= 4 is 11.9 Å². The van der Waals surface area contributed by atoms with E-state index in [1.165, 1.54) is 6.92 Å². The number of alkyl halides is 2. The maximum Gasteiger partial charge on any atom is 0.306 e. The molecule has 3 atom stereocenters. The van der Waals surface area contributed by atoms with E-state index in [4.69, 9.17) is 5.11 Å². The highest BCUT2D eigenvalue weighted by Gasteiger charge is 2.72. The summed E-state index contributed by atoms with van der Waals surface area (Å²) in [7, 11) is 0. The third-order valence-corrected chi connectivity index (χ3v) is 3.88. The predicted octanol–water partition coefficient (Wildman–Crippen LogP) is 1.40. The zero-order valence-electron chi connectivity index (χ0n) is 9.50. The Bertz CT molecular complexity index is 372. The maximum atomic E-state index is 13.0. The molecule has 2 aliphatic rings. The molecule has 2 aliphatic carbocycles. The van der Waals surface area contributed by atoms with Gasteiger partial charge in [-0.1, -0.05) is 0 Å². The summed E-state index contributed by atoms with van der Waals surface area (Å²) in [4.78, 5) is 22.3. The molecule has 4 nitrogen and oxygen atoms in total. The summed E-state index contributed by atoms with van der Waals surface area (Å²) >= 11 is 0. The lowest BCUT2D eigenvalue weighted by atomic mass is 10.1. The molecule has 2 fully saturated rings. The number of hydrogen-bond acceptors (Lipinski definition) is 2. The Morgan fingerprint density at radius 3 is 2.35 bits per heavy atom. The van der Waals surface area contributed by atoms with Crippen LogP contribution in [0.4, 0.5) is 8.78 Å². The van der Waals surface area contributed by atoms with Gasteiger partial charge in [-0.3, -0.25) is 9.59 Å². The van der Waals surface area contributed by atoms with Crippen LogP contribution in [0.15, 0.2) is 0 Å². The molecule has 0 radical (unpaired) electrons. The summed E-state index contributed by atoms with van der Waals surface area (Å²) in [6.07, 6.45) is 0.960. The molecular weight excluding hydrogens is 232 g/mol. The first-order chi connectivity index (χ1) is 7.76. The van der Waals surface area contributed by atoms with Gasteiger partial charge >= 0.3 is 5.97 Å². The van der Waals surface area contributed by atoms with Crippen molar-refractivity contribution in [3.63, 3.8) is 0 Å². The number of carboxylic acid groups (broad SMARTS) is 1. The van der Waals surface area contributed by atoms with E-state index < -0.39 is 35.6 Å². The number of nitrogens with one attached hydrogen (secondary N) is 1. The van der Waals surface area contributed by atoms with Crippen molar-refractivity contribution in [2.45, 2.75) is 44.6 Å². The number of carboxylic acids is 1. The number of amides is 1. The van der Waals surface area contributed by atoms with Gasteiger partial charge in [0.25, 0.3) is 5.92 Å². The monoisotopic (exact) mass is 247 g/mol. The number of hydrogen-bond donors (Lipinski definition) is 2. The Balaban J connectivity index is 1.88. The molecule has 0 spiro atoms. The molecule has 0 saturated heterocycles. The molecule has 2 N–H and O–H groups in total. The minimum Gasteiger partial charge on any atom is -0.481 e. The van der Waals surface area contributed by atoms with E-state index in [1.54, 1.807) is 0 Å². The quantitative estimate of drug-likeness (QED) is 0.792. The highest BCUT2D eigenvalue weighted by Crippen LogP contribution is 2.60. The van der Waals surface area contributed by atoms with Crippen LogP contribution in [0.3, 0.4) is 0 Å². The van der Waals surface area contributed by atoms with Crippen LogP contribution in [0, 0.1) is 11.3 Å². The van der Waals surface area contributed by atoms with Gasteiger partial charge in [-0.05, 0) is 26.2 Å². The van der Waals surface area contributed by atoms with Crippen LogP contribution in [0.25, 0.3) is 0 Å². The number of rotatable bonds is 3. The summed E-state index contributed by atoms with van der Waals surface area (Å²) in [5.74, 6) is -4.92. The number of carbonyl (C=O) groups excluding carboxylic acids is 1. The Kier molecular flexibility index (Phi) is 2.63. The molecule has 0 aromatic rings. The van der Waals surface area contributed by atoms with E-state index in [2.05, 4.69) is 5.32 Å². The van der Waals surface area contributed by atoms with E-state index >= 15 is 0 Å². The van der Waals surface area contributed by atoms with Crippen molar-refractivity contribution < 1.29 is 23.5 Å². The van der Waals surface area contributed by atoms with Gasteiger partial charge in [0.1, 0.15) is 5.41 Å². The predicted molar refractivity (Wildman–Crippen MR) is 54.6 cm³/mol. The summed E-state index contributed by atoms with van der Waals surface area (Å²) in [5, 5.41) is 11.3. The van der Waals surface area contributed by atoms with Gasteiger partial charge in [0, 0.05) is 12.5 Å². The second-order valence-electron chi connectivity index (χ2n) is 5.23. The lowest BCUT2D eigenvalue weighted by molar-refractivity contribution is -0.141. The van der Waals surface area contributed by atoms with Crippen molar-refractivity contribution in [3.05, 3.63) is 0 Å². The third-order valence-electron chi connectivity index (χ3n) is 3.88. The minimum atomic E-state index is -2.91. The van der Waals surface area contributed by atoms with E-state index in [0.29, 0.717) is 19.3 Å². The van der Waals surface area contributed by atoms with Gasteiger partial charge < -0.3 is 10.4 Å². The van der Waals surface area contributed by atoms with Crippen LogP contribution in [-0.2, 0) is 9.59 Å². The third kappa shape index (κ3) is 2.00. The molecule has 1 unspecified atom stereocenters. The van der Waals surface area contributed by atoms with Gasteiger partial charge in [-0.2, -0.15) is 0 Å². The number of carbonyl (C=O) groups is 2. The highest BCUT2D eigenvalue weighted by molar-refractivity contribution is 5.87. The average molecular weight is 247 g/mol. The fourth-order valence-corrected chi connectivity index (χ4v) is 2.33. The molecule has 2 rings (SSSR count). The lowest BCUT2D eigenvalue weighted by Crippen LogP contribution is -2.39.